The summed E-state index contributed by atoms with van der Waals surface area (Å²) >= 11 is 1.33. The van der Waals surface area contributed by atoms with Crippen LogP contribution in [0.15, 0.2) is 30.5 Å². The van der Waals surface area contributed by atoms with Crippen LogP contribution in [-0.4, -0.2) is 89.1 Å². The van der Waals surface area contributed by atoms with E-state index in [1.165, 1.54) is 44.1 Å². The molecule has 0 radical (unpaired) electrons. The number of ether oxygens (including phenoxy) is 1. The lowest BCUT2D eigenvalue weighted by atomic mass is 10.1. The van der Waals surface area contributed by atoms with E-state index in [0.717, 1.165) is 39.0 Å². The molecule has 0 bridgehead atoms. The second-order valence-electron chi connectivity index (χ2n) is 11.1. The van der Waals surface area contributed by atoms with Crippen LogP contribution in [-0.2, 0) is 4.79 Å². The minimum atomic E-state index is -0.433. The van der Waals surface area contributed by atoms with Gasteiger partial charge in [0, 0.05) is 51.3 Å². The number of thiazole rings is 1. The fourth-order valence-electron chi connectivity index (χ4n) is 5.79. The van der Waals surface area contributed by atoms with Crippen LogP contribution in [0.5, 0.6) is 5.75 Å². The van der Waals surface area contributed by atoms with E-state index in [1.54, 1.807) is 19.4 Å². The van der Waals surface area contributed by atoms with Crippen LogP contribution in [0.25, 0.3) is 10.6 Å². The van der Waals surface area contributed by atoms with Crippen LogP contribution in [0.1, 0.15) is 58.7 Å². The van der Waals surface area contributed by atoms with E-state index in [4.69, 9.17) is 4.74 Å². The Hall–Kier alpha value is -4.10. The predicted octanol–water partition coefficient (Wildman–Crippen LogP) is 3.76. The largest absolute Gasteiger partial charge is 0.494 e. The van der Waals surface area contributed by atoms with Crippen LogP contribution in [0.2, 0.25) is 0 Å². The van der Waals surface area contributed by atoms with Crippen molar-refractivity contribution in [1.82, 2.24) is 30.3 Å². The molecule has 3 aromatic rings. The molecule has 43 heavy (non-hydrogen) atoms. The lowest BCUT2D eigenvalue weighted by molar-refractivity contribution is -0.117. The van der Waals surface area contributed by atoms with Crippen LogP contribution < -0.4 is 20.7 Å². The van der Waals surface area contributed by atoms with Crippen LogP contribution >= 0.6 is 11.3 Å². The van der Waals surface area contributed by atoms with Gasteiger partial charge in [-0.25, -0.2) is 4.98 Å². The number of aromatic nitrogens is 3. The second-order valence-corrected chi connectivity index (χ2v) is 12.2. The van der Waals surface area contributed by atoms with Crippen molar-refractivity contribution in [3.8, 4) is 16.3 Å². The third-order valence-electron chi connectivity index (χ3n) is 8.31. The maximum Gasteiger partial charge on any atom is 0.273 e. The van der Waals surface area contributed by atoms with Gasteiger partial charge in [0.05, 0.1) is 30.2 Å². The van der Waals surface area contributed by atoms with Crippen LogP contribution in [0, 0.1) is 5.92 Å². The SMILES string of the molecule is CNC(=O)c1nnc(NC(=O)C2CC2)cc1Nc1cccc(-c2ncc(C(=O)N3CCN(C4CCCC4)CC3)s2)c1OC. The molecule has 3 aliphatic rings. The Bertz CT molecular complexity index is 1510. The summed E-state index contributed by atoms with van der Waals surface area (Å²) in [6, 6.07) is 7.78. The van der Waals surface area contributed by atoms with Gasteiger partial charge in [-0.05, 0) is 37.8 Å². The number of hydrogen-bond donors (Lipinski definition) is 3. The number of anilines is 3. The molecule has 2 aromatic heterocycles. The Morgan fingerprint density at radius 2 is 1.77 bits per heavy atom. The first kappa shape index (κ1) is 29.0. The van der Waals surface area contributed by atoms with Crippen molar-refractivity contribution in [2.24, 2.45) is 5.92 Å². The molecule has 13 heteroatoms. The van der Waals surface area contributed by atoms with E-state index in [2.05, 4.69) is 36.0 Å². The Kier molecular flexibility index (Phi) is 8.52. The maximum atomic E-state index is 13.4. The fraction of sp³-hybridized carbons (Fsp3) is 0.467. The summed E-state index contributed by atoms with van der Waals surface area (Å²) in [4.78, 5) is 47.9. The number of nitrogens with zero attached hydrogens (tertiary/aromatic N) is 5. The summed E-state index contributed by atoms with van der Waals surface area (Å²) in [6.45, 7) is 3.28. The van der Waals surface area contributed by atoms with E-state index < -0.39 is 5.91 Å². The van der Waals surface area contributed by atoms with Gasteiger partial charge >= 0.3 is 0 Å². The number of nitrogens with one attached hydrogen (secondary N) is 3. The summed E-state index contributed by atoms with van der Waals surface area (Å²) in [6.07, 6.45) is 8.49. The zero-order valence-corrected chi connectivity index (χ0v) is 25.2. The second kappa shape index (κ2) is 12.6. The van der Waals surface area contributed by atoms with Crippen molar-refractivity contribution in [2.45, 2.75) is 44.6 Å². The number of methoxy groups -OCH3 is 1. The molecule has 6 rings (SSSR count). The standard InChI is InChI=1S/C30H36N8O4S/c1-31-28(40)25-22(16-24(35-36-25)34-27(39)18-10-11-18)33-21-9-5-8-20(26(21)42-2)29-32-17-23(43-29)30(41)38-14-12-37(13-15-38)19-6-3-4-7-19/h5,8-9,16-19H,3-4,6-7,10-15H2,1-2H3,(H,31,40)(H2,33,34,35,39). The highest BCUT2D eigenvalue weighted by Crippen LogP contribution is 2.40. The van der Waals surface area contributed by atoms with Crippen molar-refractivity contribution >= 4 is 46.3 Å². The summed E-state index contributed by atoms with van der Waals surface area (Å²) < 4.78 is 5.81. The van der Waals surface area contributed by atoms with E-state index >= 15 is 0 Å². The molecule has 12 nitrogen and oxygen atoms in total. The van der Waals surface area contributed by atoms with Crippen molar-refractivity contribution in [3.05, 3.63) is 41.0 Å². The summed E-state index contributed by atoms with van der Waals surface area (Å²) in [7, 11) is 3.06. The summed E-state index contributed by atoms with van der Waals surface area (Å²) in [5.41, 5.74) is 1.68. The molecule has 3 N–H and O–H groups in total. The summed E-state index contributed by atoms with van der Waals surface area (Å²) in [5, 5.41) is 17.3. The molecule has 0 unspecified atom stereocenters. The van der Waals surface area contributed by atoms with E-state index in [9.17, 15) is 14.4 Å². The minimum Gasteiger partial charge on any atom is -0.494 e. The smallest absolute Gasteiger partial charge is 0.273 e. The third-order valence-corrected chi connectivity index (χ3v) is 9.33. The molecular weight excluding hydrogens is 568 g/mol. The van der Waals surface area contributed by atoms with Gasteiger partial charge in [-0.15, -0.1) is 21.5 Å². The number of carbonyl (C=O) groups is 3. The number of hydrogen-bond acceptors (Lipinski definition) is 10. The number of para-hydroxylation sites is 1. The molecule has 1 aliphatic heterocycles. The van der Waals surface area contributed by atoms with Crippen molar-refractivity contribution in [3.63, 3.8) is 0 Å². The number of piperazine rings is 1. The van der Waals surface area contributed by atoms with E-state index in [1.807, 2.05) is 23.1 Å². The Morgan fingerprint density at radius 1 is 1.00 bits per heavy atom. The maximum absolute atomic E-state index is 13.4. The molecule has 1 aromatic carbocycles. The minimum absolute atomic E-state index is 0.00178. The summed E-state index contributed by atoms with van der Waals surface area (Å²) in [5.74, 6) is 0.181. The van der Waals surface area contributed by atoms with E-state index in [-0.39, 0.29) is 29.2 Å². The first-order valence-corrected chi connectivity index (χ1v) is 15.6. The molecular formula is C30H36N8O4S. The van der Waals surface area contributed by atoms with Gasteiger partial charge in [-0.3, -0.25) is 19.3 Å². The molecule has 3 amide bonds. The molecule has 0 atom stereocenters. The number of carbonyl (C=O) groups excluding carboxylic acids is 3. The average Bonchev–Trinajstić information content (AvgIpc) is 3.52. The van der Waals surface area contributed by atoms with Gasteiger partial charge in [-0.1, -0.05) is 18.9 Å². The lowest BCUT2D eigenvalue weighted by Gasteiger charge is -2.37. The zero-order chi connectivity index (χ0) is 29.9. The number of benzene rings is 1. The highest BCUT2D eigenvalue weighted by molar-refractivity contribution is 7.17. The van der Waals surface area contributed by atoms with Gasteiger partial charge < -0.3 is 25.6 Å². The first-order valence-electron chi connectivity index (χ1n) is 14.8. The number of amides is 3. The van der Waals surface area contributed by atoms with E-state index in [0.29, 0.717) is 38.6 Å². The van der Waals surface area contributed by atoms with Gasteiger partial charge in [0.1, 0.15) is 9.88 Å². The molecule has 226 valence electrons. The Labute approximate surface area is 254 Å². The topological polar surface area (TPSA) is 142 Å². The zero-order valence-electron chi connectivity index (χ0n) is 24.4. The highest BCUT2D eigenvalue weighted by atomic mass is 32.1. The molecule has 2 saturated carbocycles. The van der Waals surface area contributed by atoms with Gasteiger partial charge in [0.2, 0.25) is 5.91 Å². The predicted molar refractivity (Wildman–Crippen MR) is 164 cm³/mol. The van der Waals surface area contributed by atoms with Crippen LogP contribution in [0.4, 0.5) is 17.2 Å². The monoisotopic (exact) mass is 604 g/mol. The molecule has 3 heterocycles. The Balaban J connectivity index is 1.21. The molecule has 1 saturated heterocycles. The molecule has 0 spiro atoms. The van der Waals surface area contributed by atoms with Gasteiger partial charge in [0.25, 0.3) is 11.8 Å². The number of rotatable bonds is 9. The molecule has 2 aliphatic carbocycles. The highest BCUT2D eigenvalue weighted by Gasteiger charge is 2.31. The van der Waals surface area contributed by atoms with Crippen LogP contribution in [0.3, 0.4) is 0 Å². The van der Waals surface area contributed by atoms with Crippen molar-refractivity contribution in [1.29, 1.82) is 0 Å². The fourth-order valence-corrected chi connectivity index (χ4v) is 6.70. The van der Waals surface area contributed by atoms with Gasteiger partial charge in [-0.2, -0.15) is 0 Å². The quantitative estimate of drug-likeness (QED) is 0.333. The molecule has 3 fully saturated rings. The van der Waals surface area contributed by atoms with Crippen molar-refractivity contribution in [2.75, 3.05) is 51.0 Å². The Morgan fingerprint density at radius 3 is 2.47 bits per heavy atom. The van der Waals surface area contributed by atoms with Crippen molar-refractivity contribution < 1.29 is 19.1 Å². The van der Waals surface area contributed by atoms with Gasteiger partial charge in [0.15, 0.2) is 17.3 Å². The average molecular weight is 605 g/mol. The lowest BCUT2D eigenvalue weighted by Crippen LogP contribution is -2.51. The first-order chi connectivity index (χ1) is 20.9. The normalized spacial score (nSPS) is 17.5. The third kappa shape index (κ3) is 6.32.